The molecule has 2 aromatic heterocycles. The van der Waals surface area contributed by atoms with Gasteiger partial charge in [-0.2, -0.15) is 5.10 Å². The van der Waals surface area contributed by atoms with Crippen LogP contribution in [0.4, 0.5) is 4.79 Å². The zero-order valence-corrected chi connectivity index (χ0v) is 17.5. The molecule has 2 aliphatic rings. The molecule has 152 valence electrons. The van der Waals surface area contributed by atoms with Crippen molar-refractivity contribution in [2.24, 2.45) is 7.05 Å². The summed E-state index contributed by atoms with van der Waals surface area (Å²) in [4.78, 5) is 28.8. The fourth-order valence-corrected chi connectivity index (χ4v) is 5.34. The first-order valence-electron chi connectivity index (χ1n) is 10.3. The molecule has 0 atom stereocenters. The number of likely N-dealkylation sites (tertiary alicyclic amines) is 1. The van der Waals surface area contributed by atoms with E-state index in [1.165, 1.54) is 30.6 Å². The maximum atomic E-state index is 12.7. The van der Waals surface area contributed by atoms with Crippen LogP contribution < -0.4 is 10.6 Å². The molecule has 1 aliphatic carbocycles. The third-order valence-electron chi connectivity index (χ3n) is 5.97. The molecular weight excluding hydrogens is 374 g/mol. The molecule has 1 saturated heterocycles. The molecule has 1 aliphatic heterocycles. The SMILES string of the molecule is Cc1nn(C)c2sc(C(=O)NC3CCN(C(=O)NC4CCCCC4)CC3)cc12. The Hall–Kier alpha value is -2.09. The van der Waals surface area contributed by atoms with Crippen molar-refractivity contribution in [2.75, 3.05) is 13.1 Å². The Morgan fingerprint density at radius 2 is 1.75 bits per heavy atom. The summed E-state index contributed by atoms with van der Waals surface area (Å²) in [6.07, 6.45) is 7.52. The number of rotatable bonds is 3. The van der Waals surface area contributed by atoms with Crippen LogP contribution in [-0.2, 0) is 7.05 Å². The van der Waals surface area contributed by atoms with Gasteiger partial charge in [-0.05, 0) is 38.7 Å². The number of hydrogen-bond acceptors (Lipinski definition) is 4. The second kappa shape index (κ2) is 8.11. The molecule has 28 heavy (non-hydrogen) atoms. The number of piperidine rings is 1. The van der Waals surface area contributed by atoms with Gasteiger partial charge in [-0.25, -0.2) is 4.79 Å². The molecular formula is C20H29N5O2S. The summed E-state index contributed by atoms with van der Waals surface area (Å²) in [5.41, 5.74) is 0.949. The van der Waals surface area contributed by atoms with Crippen LogP contribution in [0.1, 0.15) is 60.3 Å². The fourth-order valence-electron chi connectivity index (χ4n) is 4.31. The number of amides is 3. The van der Waals surface area contributed by atoms with Crippen LogP contribution in [0.25, 0.3) is 10.2 Å². The highest BCUT2D eigenvalue weighted by Gasteiger charge is 2.26. The smallest absolute Gasteiger partial charge is 0.317 e. The van der Waals surface area contributed by atoms with Crippen molar-refractivity contribution >= 4 is 33.5 Å². The largest absolute Gasteiger partial charge is 0.348 e. The van der Waals surface area contributed by atoms with Gasteiger partial charge in [-0.3, -0.25) is 9.48 Å². The summed E-state index contributed by atoms with van der Waals surface area (Å²) in [5.74, 6) is -0.0225. The number of hydrogen-bond donors (Lipinski definition) is 2. The van der Waals surface area contributed by atoms with E-state index in [2.05, 4.69) is 15.7 Å². The van der Waals surface area contributed by atoms with E-state index in [1.54, 1.807) is 0 Å². The number of nitrogens with zero attached hydrogens (tertiary/aromatic N) is 3. The van der Waals surface area contributed by atoms with Crippen LogP contribution in [0.3, 0.4) is 0 Å². The minimum absolute atomic E-state index is 0.0225. The number of thiophene rings is 1. The first-order valence-corrected chi connectivity index (χ1v) is 11.1. The number of nitrogens with one attached hydrogen (secondary N) is 2. The van der Waals surface area contributed by atoms with Gasteiger partial charge in [0.1, 0.15) is 4.83 Å². The summed E-state index contributed by atoms with van der Waals surface area (Å²) < 4.78 is 1.83. The maximum absolute atomic E-state index is 12.7. The Morgan fingerprint density at radius 1 is 1.07 bits per heavy atom. The van der Waals surface area contributed by atoms with Crippen LogP contribution in [0.15, 0.2) is 6.07 Å². The van der Waals surface area contributed by atoms with Gasteiger partial charge in [-0.1, -0.05) is 19.3 Å². The predicted octanol–water partition coefficient (Wildman–Crippen LogP) is 3.18. The summed E-state index contributed by atoms with van der Waals surface area (Å²) in [6.45, 7) is 3.35. The zero-order valence-electron chi connectivity index (χ0n) is 16.7. The van der Waals surface area contributed by atoms with Gasteiger partial charge >= 0.3 is 6.03 Å². The molecule has 4 rings (SSSR count). The van der Waals surface area contributed by atoms with Gasteiger partial charge < -0.3 is 15.5 Å². The molecule has 0 radical (unpaired) electrons. The standard InChI is InChI=1S/C20H29N5O2S/c1-13-16-12-17(28-19(16)24(2)23-13)18(26)21-15-8-10-25(11-9-15)20(27)22-14-6-4-3-5-7-14/h12,14-15H,3-11H2,1-2H3,(H,21,26)(H,22,27). The van der Waals surface area contributed by atoms with E-state index in [0.717, 1.165) is 46.5 Å². The minimum Gasteiger partial charge on any atom is -0.348 e. The lowest BCUT2D eigenvalue weighted by molar-refractivity contribution is 0.0921. The second-order valence-electron chi connectivity index (χ2n) is 8.06. The van der Waals surface area contributed by atoms with Gasteiger partial charge in [0.05, 0.1) is 10.6 Å². The van der Waals surface area contributed by atoms with Crippen LogP contribution in [0.2, 0.25) is 0 Å². The third kappa shape index (κ3) is 4.01. The topological polar surface area (TPSA) is 79.3 Å². The molecule has 0 aromatic carbocycles. The van der Waals surface area contributed by atoms with Crippen LogP contribution in [-0.4, -0.2) is 51.8 Å². The fraction of sp³-hybridized carbons (Fsp3) is 0.650. The van der Waals surface area contributed by atoms with Gasteiger partial charge in [0, 0.05) is 37.6 Å². The monoisotopic (exact) mass is 403 g/mol. The van der Waals surface area contributed by atoms with E-state index in [1.807, 2.05) is 29.6 Å². The van der Waals surface area contributed by atoms with Crippen LogP contribution in [0, 0.1) is 6.92 Å². The molecule has 0 unspecified atom stereocenters. The molecule has 2 aromatic rings. The van der Waals surface area contributed by atoms with Crippen molar-refractivity contribution in [3.05, 3.63) is 16.6 Å². The predicted molar refractivity (Wildman–Crippen MR) is 111 cm³/mol. The Morgan fingerprint density at radius 3 is 2.43 bits per heavy atom. The second-order valence-corrected chi connectivity index (χ2v) is 9.09. The lowest BCUT2D eigenvalue weighted by Crippen LogP contribution is -2.51. The first-order chi connectivity index (χ1) is 13.5. The summed E-state index contributed by atoms with van der Waals surface area (Å²) >= 11 is 1.48. The van der Waals surface area contributed by atoms with Gasteiger partial charge in [0.2, 0.25) is 0 Å². The Bertz CT molecular complexity index is 825. The van der Waals surface area contributed by atoms with E-state index >= 15 is 0 Å². The number of carbonyl (C=O) groups excluding carboxylic acids is 2. The van der Waals surface area contributed by atoms with E-state index < -0.39 is 0 Å². The van der Waals surface area contributed by atoms with Crippen molar-refractivity contribution in [3.63, 3.8) is 0 Å². The van der Waals surface area contributed by atoms with Crippen molar-refractivity contribution in [3.8, 4) is 0 Å². The zero-order chi connectivity index (χ0) is 19.7. The average Bonchev–Trinajstić information content (AvgIpc) is 3.25. The van der Waals surface area contributed by atoms with Gasteiger partial charge in [-0.15, -0.1) is 11.3 Å². The summed E-state index contributed by atoms with van der Waals surface area (Å²) in [5, 5.41) is 11.8. The highest BCUT2D eigenvalue weighted by Crippen LogP contribution is 2.28. The van der Waals surface area contributed by atoms with E-state index in [9.17, 15) is 9.59 Å². The van der Waals surface area contributed by atoms with Crippen molar-refractivity contribution in [2.45, 2.75) is 64.0 Å². The van der Waals surface area contributed by atoms with Crippen molar-refractivity contribution in [1.82, 2.24) is 25.3 Å². The van der Waals surface area contributed by atoms with Crippen molar-refractivity contribution < 1.29 is 9.59 Å². The molecule has 3 amide bonds. The van der Waals surface area contributed by atoms with E-state index in [-0.39, 0.29) is 18.0 Å². The Labute approximate surface area is 169 Å². The summed E-state index contributed by atoms with van der Waals surface area (Å²) in [7, 11) is 1.90. The van der Waals surface area contributed by atoms with E-state index in [4.69, 9.17) is 0 Å². The number of aromatic nitrogens is 2. The Balaban J connectivity index is 1.28. The maximum Gasteiger partial charge on any atom is 0.317 e. The number of carbonyl (C=O) groups is 2. The lowest BCUT2D eigenvalue weighted by atomic mass is 9.95. The molecule has 3 heterocycles. The van der Waals surface area contributed by atoms with Crippen molar-refractivity contribution in [1.29, 1.82) is 0 Å². The molecule has 8 heteroatoms. The lowest BCUT2D eigenvalue weighted by Gasteiger charge is -2.34. The first kappa shape index (κ1) is 19.2. The van der Waals surface area contributed by atoms with Crippen LogP contribution in [0.5, 0.6) is 0 Å². The molecule has 2 fully saturated rings. The quantitative estimate of drug-likeness (QED) is 0.826. The Kier molecular flexibility index (Phi) is 5.57. The molecule has 1 saturated carbocycles. The molecule has 2 N–H and O–H groups in total. The highest BCUT2D eigenvalue weighted by atomic mass is 32.1. The highest BCUT2D eigenvalue weighted by molar-refractivity contribution is 7.20. The van der Waals surface area contributed by atoms with Crippen LogP contribution >= 0.6 is 11.3 Å². The number of aryl methyl sites for hydroxylation is 2. The molecule has 0 spiro atoms. The molecule has 7 nitrogen and oxygen atoms in total. The average molecular weight is 404 g/mol. The number of urea groups is 1. The normalized spacial score (nSPS) is 19.1. The van der Waals surface area contributed by atoms with Gasteiger partial charge in [0.15, 0.2) is 0 Å². The molecule has 0 bridgehead atoms. The minimum atomic E-state index is -0.0225. The summed E-state index contributed by atoms with van der Waals surface area (Å²) in [6, 6.07) is 2.45. The third-order valence-corrected chi connectivity index (χ3v) is 7.17. The number of fused-ring (bicyclic) bond motifs is 1. The van der Waals surface area contributed by atoms with E-state index in [0.29, 0.717) is 19.1 Å². The van der Waals surface area contributed by atoms with Gasteiger partial charge in [0.25, 0.3) is 5.91 Å².